The third kappa shape index (κ3) is 5.81. The average molecular weight is 470 g/mol. The van der Waals surface area contributed by atoms with E-state index in [1.807, 2.05) is 43.3 Å². The summed E-state index contributed by atoms with van der Waals surface area (Å²) in [5, 5.41) is 3.58. The van der Waals surface area contributed by atoms with Crippen molar-refractivity contribution in [3.8, 4) is 17.2 Å². The second-order valence-corrected chi connectivity index (χ2v) is 8.24. The van der Waals surface area contributed by atoms with Crippen LogP contribution >= 0.6 is 0 Å². The minimum Gasteiger partial charge on any atom is -0.457 e. The Hall–Kier alpha value is -3.68. The number of nitrogens with zero attached hydrogens (tertiary/aromatic N) is 2. The minimum atomic E-state index is -4.72. The van der Waals surface area contributed by atoms with E-state index in [9.17, 15) is 13.2 Å². The highest BCUT2D eigenvalue weighted by Gasteiger charge is 2.31. The Kier molecular flexibility index (Phi) is 6.68. The van der Waals surface area contributed by atoms with Gasteiger partial charge in [0.05, 0.1) is 11.7 Å². The van der Waals surface area contributed by atoms with Crippen molar-refractivity contribution in [3.63, 3.8) is 0 Å². The van der Waals surface area contributed by atoms with Gasteiger partial charge in [0.25, 0.3) is 0 Å². The van der Waals surface area contributed by atoms with Crippen LogP contribution in [0.15, 0.2) is 71.7 Å². The van der Waals surface area contributed by atoms with Gasteiger partial charge in [-0.2, -0.15) is 0 Å². The number of halogens is 3. The van der Waals surface area contributed by atoms with Gasteiger partial charge in [0.15, 0.2) is 0 Å². The van der Waals surface area contributed by atoms with Crippen LogP contribution in [0.4, 0.5) is 24.5 Å². The number of fused-ring (bicyclic) bond motifs is 1. The molecule has 1 aliphatic rings. The van der Waals surface area contributed by atoms with Gasteiger partial charge >= 0.3 is 6.36 Å². The molecule has 8 heteroatoms. The summed E-state index contributed by atoms with van der Waals surface area (Å²) in [6, 6.07) is 19.3. The molecule has 0 bridgehead atoms. The number of hydrogen-bond donors (Lipinski definition) is 1. The lowest BCUT2D eigenvalue weighted by Gasteiger charge is -2.19. The quantitative estimate of drug-likeness (QED) is 0.401. The first-order chi connectivity index (χ1) is 16.2. The first kappa shape index (κ1) is 23.5. The molecule has 3 aromatic carbocycles. The number of rotatable bonds is 7. The number of hydrogen-bond acceptors (Lipinski definition) is 5. The zero-order valence-corrected chi connectivity index (χ0v) is 19.2. The Bertz CT molecular complexity index is 1160. The Morgan fingerprint density at radius 2 is 1.56 bits per heavy atom. The SMILES string of the molecule is CCC(Nc1ccc2c(c1)N=C(N(C)C)C2)c1ccc(Oc2ccc(OC(F)(F)F)cc2)cc1. The van der Waals surface area contributed by atoms with Crippen molar-refractivity contribution in [3.05, 3.63) is 77.9 Å². The predicted octanol–water partition coefficient (Wildman–Crippen LogP) is 7.09. The fraction of sp³-hybridized carbons (Fsp3) is 0.269. The molecule has 5 nitrogen and oxygen atoms in total. The van der Waals surface area contributed by atoms with Gasteiger partial charge in [-0.05, 0) is 66.1 Å². The number of aliphatic imine (C=N–C) groups is 1. The van der Waals surface area contributed by atoms with Gasteiger partial charge in [0, 0.05) is 26.2 Å². The van der Waals surface area contributed by atoms with E-state index in [1.165, 1.54) is 29.8 Å². The fourth-order valence-electron chi connectivity index (χ4n) is 3.75. The third-order valence-electron chi connectivity index (χ3n) is 5.52. The summed E-state index contributed by atoms with van der Waals surface area (Å²) in [4.78, 5) is 6.75. The van der Waals surface area contributed by atoms with Crippen LogP contribution in [0.2, 0.25) is 0 Å². The van der Waals surface area contributed by atoms with Crippen molar-refractivity contribution in [2.24, 2.45) is 4.99 Å². The highest BCUT2D eigenvalue weighted by atomic mass is 19.4. The van der Waals surface area contributed by atoms with Crippen molar-refractivity contribution in [2.45, 2.75) is 32.2 Å². The lowest BCUT2D eigenvalue weighted by atomic mass is 10.0. The maximum Gasteiger partial charge on any atom is 0.573 e. The summed E-state index contributed by atoms with van der Waals surface area (Å²) in [6.07, 6.45) is -2.99. The lowest BCUT2D eigenvalue weighted by Crippen LogP contribution is -2.21. The zero-order chi connectivity index (χ0) is 24.3. The van der Waals surface area contributed by atoms with Gasteiger partial charge in [-0.25, -0.2) is 4.99 Å². The topological polar surface area (TPSA) is 46.1 Å². The molecule has 178 valence electrons. The standard InChI is InChI=1S/C26H26F3N3O2/c1-4-23(30-19-8-5-18-15-25(32(2)3)31-24(18)16-19)17-6-9-20(10-7-17)33-21-11-13-22(14-12-21)34-26(27,28)29/h5-14,16,23,30H,4,15H2,1-3H3. The van der Waals surface area contributed by atoms with Gasteiger partial charge in [-0.3, -0.25) is 0 Å². The molecule has 0 aromatic heterocycles. The second-order valence-electron chi connectivity index (χ2n) is 8.24. The first-order valence-corrected chi connectivity index (χ1v) is 11.0. The number of likely N-dealkylation sites (N-methyl/N-ethyl adjacent to an activating group) is 1. The molecule has 0 saturated heterocycles. The van der Waals surface area contributed by atoms with E-state index in [0.717, 1.165) is 35.6 Å². The Morgan fingerprint density at radius 1 is 0.941 bits per heavy atom. The summed E-state index contributed by atoms with van der Waals surface area (Å²) >= 11 is 0. The maximum absolute atomic E-state index is 12.3. The second kappa shape index (κ2) is 9.67. The molecule has 0 saturated carbocycles. The Morgan fingerprint density at radius 3 is 2.15 bits per heavy atom. The Labute approximate surface area is 196 Å². The molecular formula is C26H26F3N3O2. The molecular weight excluding hydrogens is 443 g/mol. The summed E-state index contributed by atoms with van der Waals surface area (Å²) in [5.41, 5.74) is 4.33. The molecule has 0 radical (unpaired) electrons. The van der Waals surface area contributed by atoms with Crippen LogP contribution < -0.4 is 14.8 Å². The van der Waals surface area contributed by atoms with E-state index < -0.39 is 6.36 Å². The summed E-state index contributed by atoms with van der Waals surface area (Å²) in [6.45, 7) is 2.11. The largest absolute Gasteiger partial charge is 0.573 e. The van der Waals surface area contributed by atoms with Crippen LogP contribution in [0.5, 0.6) is 17.2 Å². The van der Waals surface area contributed by atoms with Gasteiger partial charge in [-0.1, -0.05) is 25.1 Å². The van der Waals surface area contributed by atoms with Crippen LogP contribution in [-0.2, 0) is 6.42 Å². The number of alkyl halides is 3. The predicted molar refractivity (Wildman–Crippen MR) is 127 cm³/mol. The number of amidine groups is 1. The van der Waals surface area contributed by atoms with Gasteiger partial charge in [0.1, 0.15) is 23.1 Å². The molecule has 0 aliphatic carbocycles. The zero-order valence-electron chi connectivity index (χ0n) is 19.2. The van der Waals surface area contributed by atoms with Crippen LogP contribution in [0, 0.1) is 0 Å². The van der Waals surface area contributed by atoms with Gasteiger partial charge < -0.3 is 19.7 Å². The van der Waals surface area contributed by atoms with Gasteiger partial charge in [-0.15, -0.1) is 13.2 Å². The average Bonchev–Trinajstić information content (AvgIpc) is 3.22. The van der Waals surface area contributed by atoms with Crippen molar-refractivity contribution in [2.75, 3.05) is 19.4 Å². The molecule has 1 unspecified atom stereocenters. The highest BCUT2D eigenvalue weighted by molar-refractivity contribution is 5.92. The smallest absolute Gasteiger partial charge is 0.457 e. The molecule has 0 spiro atoms. The summed E-state index contributed by atoms with van der Waals surface area (Å²) in [5.74, 6) is 1.77. The van der Waals surface area contributed by atoms with E-state index in [4.69, 9.17) is 9.73 Å². The monoisotopic (exact) mass is 469 g/mol. The molecule has 1 atom stereocenters. The van der Waals surface area contributed by atoms with Crippen molar-refractivity contribution in [1.29, 1.82) is 0 Å². The van der Waals surface area contributed by atoms with Crippen LogP contribution in [0.3, 0.4) is 0 Å². The molecule has 0 fully saturated rings. The fourth-order valence-corrected chi connectivity index (χ4v) is 3.75. The van der Waals surface area contributed by atoms with Crippen LogP contribution in [-0.4, -0.2) is 31.2 Å². The van der Waals surface area contributed by atoms with Crippen LogP contribution in [0.25, 0.3) is 0 Å². The van der Waals surface area contributed by atoms with E-state index in [2.05, 4.69) is 35.2 Å². The van der Waals surface area contributed by atoms with Crippen molar-refractivity contribution in [1.82, 2.24) is 4.90 Å². The van der Waals surface area contributed by atoms with E-state index >= 15 is 0 Å². The molecule has 4 rings (SSSR count). The molecule has 1 aliphatic heterocycles. The number of ether oxygens (including phenoxy) is 2. The van der Waals surface area contributed by atoms with Crippen LogP contribution in [0.1, 0.15) is 30.5 Å². The molecule has 0 amide bonds. The maximum atomic E-state index is 12.3. The minimum absolute atomic E-state index is 0.101. The normalized spacial score (nSPS) is 13.6. The molecule has 1 N–H and O–H groups in total. The summed E-state index contributed by atoms with van der Waals surface area (Å²) in [7, 11) is 4.00. The van der Waals surface area contributed by atoms with E-state index in [0.29, 0.717) is 11.5 Å². The van der Waals surface area contributed by atoms with E-state index in [1.54, 1.807) is 0 Å². The molecule has 3 aromatic rings. The first-order valence-electron chi connectivity index (χ1n) is 11.0. The summed E-state index contributed by atoms with van der Waals surface area (Å²) < 4.78 is 46.5. The highest BCUT2D eigenvalue weighted by Crippen LogP contribution is 2.33. The van der Waals surface area contributed by atoms with Gasteiger partial charge in [0.2, 0.25) is 0 Å². The Balaban J connectivity index is 1.40. The van der Waals surface area contributed by atoms with Crippen molar-refractivity contribution >= 4 is 17.2 Å². The lowest BCUT2D eigenvalue weighted by molar-refractivity contribution is -0.274. The molecule has 34 heavy (non-hydrogen) atoms. The number of nitrogens with one attached hydrogen (secondary N) is 1. The number of anilines is 1. The molecule has 1 heterocycles. The number of benzene rings is 3. The van der Waals surface area contributed by atoms with E-state index in [-0.39, 0.29) is 11.8 Å². The van der Waals surface area contributed by atoms with Crippen molar-refractivity contribution < 1.29 is 22.6 Å². The third-order valence-corrected chi connectivity index (χ3v) is 5.52.